The molecule has 1 N–H and O–H groups in total. The normalized spacial score (nSPS) is 11.5. The second-order valence-electron chi connectivity index (χ2n) is 6.84. The molecule has 2 aromatic carbocycles. The van der Waals surface area contributed by atoms with Crippen LogP contribution < -0.4 is 14.8 Å². The third-order valence-electron chi connectivity index (χ3n) is 4.34. The maximum Gasteiger partial charge on any atom is 0.161 e. The highest BCUT2D eigenvalue weighted by Gasteiger charge is 2.14. The van der Waals surface area contributed by atoms with Gasteiger partial charge < -0.3 is 14.8 Å². The van der Waals surface area contributed by atoms with Gasteiger partial charge in [0.25, 0.3) is 0 Å². The molecule has 3 nitrogen and oxygen atoms in total. The van der Waals surface area contributed by atoms with E-state index in [0.717, 1.165) is 35.6 Å². The fourth-order valence-corrected chi connectivity index (χ4v) is 2.63. The van der Waals surface area contributed by atoms with Gasteiger partial charge in [0.2, 0.25) is 0 Å². The van der Waals surface area contributed by atoms with Crippen molar-refractivity contribution in [3.63, 3.8) is 0 Å². The van der Waals surface area contributed by atoms with Crippen LogP contribution in [-0.4, -0.2) is 12.1 Å². The maximum atomic E-state index is 6.06. The van der Waals surface area contributed by atoms with Gasteiger partial charge in [-0.15, -0.1) is 0 Å². The van der Waals surface area contributed by atoms with Gasteiger partial charge in [0.1, 0.15) is 6.61 Å². The Hall–Kier alpha value is -1.42. The first-order valence-electron chi connectivity index (χ1n) is 8.92. The van der Waals surface area contributed by atoms with Gasteiger partial charge in [-0.25, -0.2) is 0 Å². The standard InChI is InChI=1S/C21H27Cl2NO2/c1-5-21(3,4)24-13-15-8-10-19(20(12-15)25-6-2)26-14-16-7-9-17(22)18(23)11-16/h7-12,24H,5-6,13-14H2,1-4H3. The minimum Gasteiger partial charge on any atom is -0.490 e. The van der Waals surface area contributed by atoms with Gasteiger partial charge in [-0.1, -0.05) is 42.3 Å². The molecule has 5 heteroatoms. The molecule has 0 unspecified atom stereocenters. The molecule has 0 atom stereocenters. The van der Waals surface area contributed by atoms with Crippen molar-refractivity contribution in [1.82, 2.24) is 5.32 Å². The average Bonchev–Trinajstić information content (AvgIpc) is 2.62. The van der Waals surface area contributed by atoms with Gasteiger partial charge in [-0.05, 0) is 62.6 Å². The molecule has 0 aliphatic heterocycles. The van der Waals surface area contributed by atoms with Crippen LogP contribution in [0.15, 0.2) is 36.4 Å². The minimum atomic E-state index is 0.106. The van der Waals surface area contributed by atoms with E-state index < -0.39 is 0 Å². The largest absolute Gasteiger partial charge is 0.490 e. The van der Waals surface area contributed by atoms with Crippen LogP contribution in [0.1, 0.15) is 45.2 Å². The van der Waals surface area contributed by atoms with Gasteiger partial charge >= 0.3 is 0 Å². The molecule has 0 heterocycles. The molecule has 2 aromatic rings. The SMILES string of the molecule is CCOc1cc(CNC(C)(C)CC)ccc1OCc1ccc(Cl)c(Cl)c1. The first-order valence-corrected chi connectivity index (χ1v) is 9.67. The third-order valence-corrected chi connectivity index (χ3v) is 5.08. The number of halogens is 2. The van der Waals surface area contributed by atoms with E-state index in [2.05, 4.69) is 32.2 Å². The van der Waals surface area contributed by atoms with E-state index in [4.69, 9.17) is 32.7 Å². The Morgan fingerprint density at radius 3 is 2.27 bits per heavy atom. The van der Waals surface area contributed by atoms with Gasteiger partial charge in [-0.3, -0.25) is 0 Å². The highest BCUT2D eigenvalue weighted by molar-refractivity contribution is 6.42. The number of hydrogen-bond donors (Lipinski definition) is 1. The van der Waals surface area contributed by atoms with Crippen LogP contribution in [0.5, 0.6) is 11.5 Å². The number of ether oxygens (including phenoxy) is 2. The lowest BCUT2D eigenvalue weighted by Crippen LogP contribution is -2.37. The number of hydrogen-bond acceptors (Lipinski definition) is 3. The van der Waals surface area contributed by atoms with E-state index in [0.29, 0.717) is 23.3 Å². The van der Waals surface area contributed by atoms with Crippen LogP contribution in [0, 0.1) is 0 Å². The number of benzene rings is 2. The van der Waals surface area contributed by atoms with Gasteiger partial charge in [0.15, 0.2) is 11.5 Å². The summed E-state index contributed by atoms with van der Waals surface area (Å²) < 4.78 is 11.7. The Bertz CT molecular complexity index is 732. The average molecular weight is 396 g/mol. The molecule has 0 amide bonds. The predicted molar refractivity (Wildman–Crippen MR) is 110 cm³/mol. The van der Waals surface area contributed by atoms with Crippen LogP contribution in [0.25, 0.3) is 0 Å². The van der Waals surface area contributed by atoms with Crippen molar-refractivity contribution in [2.75, 3.05) is 6.61 Å². The highest BCUT2D eigenvalue weighted by Crippen LogP contribution is 2.30. The lowest BCUT2D eigenvalue weighted by atomic mass is 10.0. The first-order chi connectivity index (χ1) is 12.3. The van der Waals surface area contributed by atoms with Crippen LogP contribution in [0.2, 0.25) is 10.0 Å². The summed E-state index contributed by atoms with van der Waals surface area (Å²) in [6, 6.07) is 11.5. The first kappa shape index (κ1) is 20.9. The molecule has 0 aromatic heterocycles. The van der Waals surface area contributed by atoms with E-state index in [1.54, 1.807) is 6.07 Å². The van der Waals surface area contributed by atoms with Crippen molar-refractivity contribution >= 4 is 23.2 Å². The van der Waals surface area contributed by atoms with E-state index in [1.807, 2.05) is 31.2 Å². The van der Waals surface area contributed by atoms with Crippen LogP contribution >= 0.6 is 23.2 Å². The van der Waals surface area contributed by atoms with Crippen molar-refractivity contribution in [2.45, 2.75) is 52.8 Å². The highest BCUT2D eigenvalue weighted by atomic mass is 35.5. The van der Waals surface area contributed by atoms with Gasteiger partial charge in [0, 0.05) is 12.1 Å². The van der Waals surface area contributed by atoms with E-state index in [9.17, 15) is 0 Å². The maximum absolute atomic E-state index is 6.06. The van der Waals surface area contributed by atoms with Gasteiger partial charge in [-0.2, -0.15) is 0 Å². The minimum absolute atomic E-state index is 0.106. The van der Waals surface area contributed by atoms with Crippen LogP contribution in [0.4, 0.5) is 0 Å². The molecule has 0 radical (unpaired) electrons. The summed E-state index contributed by atoms with van der Waals surface area (Å²) in [7, 11) is 0. The lowest BCUT2D eigenvalue weighted by molar-refractivity contribution is 0.269. The summed E-state index contributed by atoms with van der Waals surface area (Å²) in [6.07, 6.45) is 1.07. The summed E-state index contributed by atoms with van der Waals surface area (Å²) in [5.74, 6) is 1.47. The summed E-state index contributed by atoms with van der Waals surface area (Å²) in [6.45, 7) is 10.3. The zero-order chi connectivity index (χ0) is 19.2. The Balaban J connectivity index is 2.08. The van der Waals surface area contributed by atoms with Crippen molar-refractivity contribution in [1.29, 1.82) is 0 Å². The lowest BCUT2D eigenvalue weighted by Gasteiger charge is -2.25. The molecule has 0 spiro atoms. The summed E-state index contributed by atoms with van der Waals surface area (Å²) in [5, 5.41) is 4.62. The van der Waals surface area contributed by atoms with Crippen molar-refractivity contribution < 1.29 is 9.47 Å². The summed E-state index contributed by atoms with van der Waals surface area (Å²) >= 11 is 12.0. The summed E-state index contributed by atoms with van der Waals surface area (Å²) in [5.41, 5.74) is 2.23. The number of nitrogens with one attached hydrogen (secondary N) is 1. The Morgan fingerprint density at radius 1 is 0.885 bits per heavy atom. The second kappa shape index (κ2) is 9.50. The smallest absolute Gasteiger partial charge is 0.161 e. The molecule has 0 bridgehead atoms. The molecule has 0 saturated heterocycles. The van der Waals surface area contributed by atoms with E-state index in [1.165, 1.54) is 0 Å². The number of rotatable bonds is 9. The fourth-order valence-electron chi connectivity index (χ4n) is 2.31. The molecule has 26 heavy (non-hydrogen) atoms. The second-order valence-corrected chi connectivity index (χ2v) is 7.66. The van der Waals surface area contributed by atoms with Crippen molar-refractivity contribution in [2.24, 2.45) is 0 Å². The quantitative estimate of drug-likeness (QED) is 0.544. The predicted octanol–water partition coefficient (Wildman–Crippen LogP) is 6.25. The van der Waals surface area contributed by atoms with Crippen LogP contribution in [-0.2, 0) is 13.2 Å². The van der Waals surface area contributed by atoms with Crippen molar-refractivity contribution in [3.05, 3.63) is 57.6 Å². The molecule has 0 saturated carbocycles. The Labute approximate surface area is 166 Å². The summed E-state index contributed by atoms with van der Waals surface area (Å²) in [4.78, 5) is 0. The topological polar surface area (TPSA) is 30.5 Å². The monoisotopic (exact) mass is 395 g/mol. The fraction of sp³-hybridized carbons (Fsp3) is 0.429. The molecule has 0 aliphatic rings. The Morgan fingerprint density at radius 2 is 1.62 bits per heavy atom. The van der Waals surface area contributed by atoms with Crippen LogP contribution in [0.3, 0.4) is 0 Å². The molecule has 142 valence electrons. The molecule has 0 fully saturated rings. The van der Waals surface area contributed by atoms with Gasteiger partial charge in [0.05, 0.1) is 16.7 Å². The zero-order valence-electron chi connectivity index (χ0n) is 15.9. The van der Waals surface area contributed by atoms with Crippen molar-refractivity contribution in [3.8, 4) is 11.5 Å². The van der Waals surface area contributed by atoms with E-state index >= 15 is 0 Å². The molecule has 0 aliphatic carbocycles. The molecular formula is C21H27Cl2NO2. The van der Waals surface area contributed by atoms with E-state index in [-0.39, 0.29) is 5.54 Å². The third kappa shape index (κ3) is 6.08. The molecular weight excluding hydrogens is 369 g/mol. The Kier molecular flexibility index (Phi) is 7.63. The molecule has 2 rings (SSSR count). The zero-order valence-corrected chi connectivity index (χ0v) is 17.4.